The Balaban J connectivity index is 2.34. The van der Waals surface area contributed by atoms with Gasteiger partial charge in [-0.1, -0.05) is 30.3 Å². The highest BCUT2D eigenvalue weighted by Gasteiger charge is 2.14. The Morgan fingerprint density at radius 3 is 2.30 bits per heavy atom. The van der Waals surface area contributed by atoms with Crippen molar-refractivity contribution in [3.8, 4) is 12.1 Å². The van der Waals surface area contributed by atoms with E-state index in [9.17, 15) is 0 Å². The van der Waals surface area contributed by atoms with Crippen molar-refractivity contribution in [2.45, 2.75) is 0 Å². The third-order valence-corrected chi connectivity index (χ3v) is 3.07. The van der Waals surface area contributed by atoms with Gasteiger partial charge in [-0.05, 0) is 17.7 Å². The predicted octanol–water partition coefficient (Wildman–Crippen LogP) is 2.33. The lowest BCUT2D eigenvalue weighted by atomic mass is 10.1. The van der Waals surface area contributed by atoms with Crippen LogP contribution in [0.25, 0.3) is 5.70 Å². The zero-order valence-corrected chi connectivity index (χ0v) is 11.1. The van der Waals surface area contributed by atoms with E-state index in [-0.39, 0.29) is 5.57 Å². The van der Waals surface area contributed by atoms with Gasteiger partial charge in [0.25, 0.3) is 0 Å². The van der Waals surface area contributed by atoms with Gasteiger partial charge in [-0.15, -0.1) is 0 Å². The van der Waals surface area contributed by atoms with Gasteiger partial charge in [0.2, 0.25) is 0 Å². The van der Waals surface area contributed by atoms with Crippen LogP contribution in [0.2, 0.25) is 0 Å². The fourth-order valence-electron chi connectivity index (χ4n) is 2.06. The van der Waals surface area contributed by atoms with E-state index < -0.39 is 0 Å². The second-order valence-electron chi connectivity index (χ2n) is 4.32. The van der Waals surface area contributed by atoms with E-state index in [1.54, 1.807) is 6.08 Å². The molecular formula is C16H15N3O. The minimum atomic E-state index is 0.103. The van der Waals surface area contributed by atoms with Gasteiger partial charge in [0.1, 0.15) is 17.7 Å². The first-order valence-corrected chi connectivity index (χ1v) is 6.45. The van der Waals surface area contributed by atoms with Crippen molar-refractivity contribution >= 4 is 5.70 Å². The van der Waals surface area contributed by atoms with Crippen molar-refractivity contribution < 1.29 is 4.74 Å². The summed E-state index contributed by atoms with van der Waals surface area (Å²) in [5, 5.41) is 17.6. The molecule has 0 bridgehead atoms. The summed E-state index contributed by atoms with van der Waals surface area (Å²) in [6, 6.07) is 13.7. The number of nitriles is 2. The van der Waals surface area contributed by atoms with E-state index in [1.165, 1.54) is 0 Å². The molecule has 1 aliphatic rings. The minimum absolute atomic E-state index is 0.103. The Morgan fingerprint density at radius 2 is 1.70 bits per heavy atom. The Hall–Kier alpha value is -2.56. The minimum Gasteiger partial charge on any atom is -0.378 e. The van der Waals surface area contributed by atoms with Crippen LogP contribution in [0.4, 0.5) is 0 Å². The summed E-state index contributed by atoms with van der Waals surface area (Å²) in [4.78, 5) is 2.21. The lowest BCUT2D eigenvalue weighted by molar-refractivity contribution is 0.0639. The Kier molecular flexibility index (Phi) is 4.94. The summed E-state index contributed by atoms with van der Waals surface area (Å²) in [6.07, 6.45) is 3.40. The van der Waals surface area contributed by atoms with Gasteiger partial charge in [-0.2, -0.15) is 10.5 Å². The smallest absolute Gasteiger partial charge is 0.129 e. The molecule has 0 atom stereocenters. The van der Waals surface area contributed by atoms with Crippen molar-refractivity contribution in [2.75, 3.05) is 26.3 Å². The van der Waals surface area contributed by atoms with Gasteiger partial charge >= 0.3 is 0 Å². The van der Waals surface area contributed by atoms with Crippen LogP contribution in [-0.4, -0.2) is 31.2 Å². The summed E-state index contributed by atoms with van der Waals surface area (Å²) in [5.41, 5.74) is 2.18. The van der Waals surface area contributed by atoms with Gasteiger partial charge in [-0.3, -0.25) is 0 Å². The normalized spacial score (nSPS) is 15.1. The first-order chi connectivity index (χ1) is 9.85. The molecule has 1 aliphatic heterocycles. The number of benzene rings is 1. The van der Waals surface area contributed by atoms with Crippen molar-refractivity contribution in [2.24, 2.45) is 0 Å². The van der Waals surface area contributed by atoms with Crippen LogP contribution >= 0.6 is 0 Å². The van der Waals surface area contributed by atoms with Crippen molar-refractivity contribution in [1.29, 1.82) is 10.5 Å². The number of hydrogen-bond donors (Lipinski definition) is 0. The number of hydrogen-bond acceptors (Lipinski definition) is 4. The van der Waals surface area contributed by atoms with Gasteiger partial charge in [0.05, 0.1) is 13.2 Å². The van der Waals surface area contributed by atoms with Crippen molar-refractivity contribution in [3.05, 3.63) is 53.6 Å². The Morgan fingerprint density at radius 1 is 1.05 bits per heavy atom. The standard InChI is InChI=1S/C16H15N3O/c17-12-14(13-18)6-7-16(15-4-2-1-3-5-15)19-8-10-20-11-9-19/h1-7H,8-11H2/b16-7-. The third-order valence-electron chi connectivity index (χ3n) is 3.07. The molecule has 0 saturated carbocycles. The molecule has 100 valence electrons. The molecule has 0 aliphatic carbocycles. The SMILES string of the molecule is N#CC(C#N)=C/C=C(/c1ccccc1)N1CCOCC1. The third kappa shape index (κ3) is 3.47. The van der Waals surface area contributed by atoms with Gasteiger partial charge < -0.3 is 9.64 Å². The van der Waals surface area contributed by atoms with Gasteiger partial charge in [0, 0.05) is 18.8 Å². The molecule has 0 radical (unpaired) electrons. The maximum atomic E-state index is 8.82. The van der Waals surface area contributed by atoms with Crippen LogP contribution in [0.5, 0.6) is 0 Å². The number of morpholine rings is 1. The number of nitrogens with zero attached hydrogens (tertiary/aromatic N) is 3. The maximum Gasteiger partial charge on any atom is 0.129 e. The first kappa shape index (κ1) is 13.9. The lowest BCUT2D eigenvalue weighted by Gasteiger charge is -2.31. The van der Waals surface area contributed by atoms with Crippen LogP contribution < -0.4 is 0 Å². The van der Waals surface area contributed by atoms with E-state index in [4.69, 9.17) is 15.3 Å². The van der Waals surface area contributed by atoms with Crippen LogP contribution in [0, 0.1) is 22.7 Å². The summed E-state index contributed by atoms with van der Waals surface area (Å²) in [5.74, 6) is 0. The molecule has 0 N–H and O–H groups in total. The van der Waals surface area contributed by atoms with Gasteiger partial charge in [-0.25, -0.2) is 0 Å². The molecule has 20 heavy (non-hydrogen) atoms. The highest BCUT2D eigenvalue weighted by molar-refractivity contribution is 5.66. The van der Waals surface area contributed by atoms with E-state index >= 15 is 0 Å². The molecule has 1 saturated heterocycles. The molecule has 1 aromatic carbocycles. The molecule has 0 amide bonds. The molecule has 0 unspecified atom stereocenters. The molecule has 4 nitrogen and oxygen atoms in total. The highest BCUT2D eigenvalue weighted by Crippen LogP contribution is 2.20. The topological polar surface area (TPSA) is 60.0 Å². The van der Waals surface area contributed by atoms with Crippen LogP contribution in [0.1, 0.15) is 5.56 Å². The van der Waals surface area contributed by atoms with Gasteiger partial charge in [0.15, 0.2) is 0 Å². The number of allylic oxidation sites excluding steroid dienone is 3. The monoisotopic (exact) mass is 265 g/mol. The largest absolute Gasteiger partial charge is 0.378 e. The maximum absolute atomic E-state index is 8.82. The Bertz CT molecular complexity index is 568. The molecular weight excluding hydrogens is 250 g/mol. The fourth-order valence-corrected chi connectivity index (χ4v) is 2.06. The molecule has 4 heteroatoms. The lowest BCUT2D eigenvalue weighted by Crippen LogP contribution is -2.34. The molecule has 1 fully saturated rings. The average Bonchev–Trinajstić information content (AvgIpc) is 2.53. The fraction of sp³-hybridized carbons (Fsp3) is 0.250. The molecule has 0 aromatic heterocycles. The van der Waals surface area contributed by atoms with E-state index in [0.29, 0.717) is 13.2 Å². The molecule has 1 heterocycles. The van der Waals surface area contributed by atoms with Crippen LogP contribution in [0.15, 0.2) is 48.1 Å². The zero-order valence-electron chi connectivity index (χ0n) is 11.1. The summed E-state index contributed by atoms with van der Waals surface area (Å²) >= 11 is 0. The summed E-state index contributed by atoms with van der Waals surface area (Å²) in [7, 11) is 0. The molecule has 0 spiro atoms. The van der Waals surface area contributed by atoms with E-state index in [0.717, 1.165) is 24.4 Å². The van der Waals surface area contributed by atoms with E-state index in [1.807, 2.05) is 48.5 Å². The number of ether oxygens (including phenoxy) is 1. The summed E-state index contributed by atoms with van der Waals surface area (Å²) < 4.78 is 5.36. The second-order valence-corrected chi connectivity index (χ2v) is 4.32. The summed E-state index contributed by atoms with van der Waals surface area (Å²) in [6.45, 7) is 3.00. The Labute approximate surface area is 118 Å². The number of rotatable bonds is 3. The predicted molar refractivity (Wildman–Crippen MR) is 76.1 cm³/mol. The van der Waals surface area contributed by atoms with Crippen LogP contribution in [-0.2, 0) is 4.74 Å². The average molecular weight is 265 g/mol. The van der Waals surface area contributed by atoms with Crippen molar-refractivity contribution in [3.63, 3.8) is 0 Å². The quantitative estimate of drug-likeness (QED) is 0.621. The zero-order chi connectivity index (χ0) is 14.2. The first-order valence-electron chi connectivity index (χ1n) is 6.45. The second kappa shape index (κ2) is 7.13. The molecule has 1 aromatic rings. The van der Waals surface area contributed by atoms with E-state index in [2.05, 4.69) is 4.90 Å². The van der Waals surface area contributed by atoms with Crippen molar-refractivity contribution in [1.82, 2.24) is 4.90 Å². The molecule has 2 rings (SSSR count). The van der Waals surface area contributed by atoms with Crippen LogP contribution in [0.3, 0.4) is 0 Å². The highest BCUT2D eigenvalue weighted by atomic mass is 16.5.